The van der Waals surface area contributed by atoms with Crippen LogP contribution in [0, 0.1) is 5.41 Å². The van der Waals surface area contributed by atoms with E-state index in [2.05, 4.69) is 4.40 Å². The fraction of sp³-hybridized carbons (Fsp3) is 0.556. The predicted octanol–water partition coefficient (Wildman–Crippen LogP) is 2.79. The molecule has 0 aromatic heterocycles. The van der Waals surface area contributed by atoms with Crippen molar-refractivity contribution < 1.29 is 17.9 Å². The number of hydrogen-bond acceptors (Lipinski definition) is 5. The van der Waals surface area contributed by atoms with Crippen molar-refractivity contribution in [3.8, 4) is 5.75 Å². The number of rotatable bonds is 8. The number of benzene rings is 1. The quantitative estimate of drug-likeness (QED) is 0.763. The summed E-state index contributed by atoms with van der Waals surface area (Å²) in [5, 5.41) is 0. The van der Waals surface area contributed by atoms with Crippen LogP contribution >= 0.6 is 0 Å². The first-order valence-electron chi connectivity index (χ1n) is 8.48. The lowest BCUT2D eigenvalue weighted by molar-refractivity contribution is -0.119. The van der Waals surface area contributed by atoms with Crippen LogP contribution < -0.4 is 10.5 Å². The third kappa shape index (κ3) is 5.29. The van der Waals surface area contributed by atoms with Crippen LogP contribution in [-0.4, -0.2) is 26.6 Å². The first kappa shape index (κ1) is 19.4. The number of sulfonamides is 1. The van der Waals surface area contributed by atoms with Gasteiger partial charge in [0.15, 0.2) is 0 Å². The molecule has 0 saturated carbocycles. The minimum atomic E-state index is -3.56. The van der Waals surface area contributed by atoms with Gasteiger partial charge < -0.3 is 10.5 Å². The molecule has 0 aliphatic carbocycles. The van der Waals surface area contributed by atoms with Gasteiger partial charge in [-0.15, -0.1) is 4.40 Å². The van der Waals surface area contributed by atoms with E-state index in [1.54, 1.807) is 18.2 Å². The molecule has 2 N–H and O–H groups in total. The molecule has 0 spiro atoms. The zero-order chi connectivity index (χ0) is 18.7. The number of hydrogen-bond donors (Lipinski definition) is 1. The molecule has 0 bridgehead atoms. The van der Waals surface area contributed by atoms with E-state index in [9.17, 15) is 13.2 Å². The Morgan fingerprint density at radius 3 is 2.72 bits per heavy atom. The molecule has 0 atom stereocenters. The van der Waals surface area contributed by atoms with Gasteiger partial charge in [0.1, 0.15) is 17.4 Å². The molecule has 0 radical (unpaired) electrons. The zero-order valence-corrected chi connectivity index (χ0v) is 15.9. The molecule has 6 nitrogen and oxygen atoms in total. The van der Waals surface area contributed by atoms with E-state index >= 15 is 0 Å². The van der Waals surface area contributed by atoms with Gasteiger partial charge in [-0.3, -0.25) is 4.79 Å². The molecule has 0 unspecified atom stereocenters. The molecular weight excluding hydrogens is 340 g/mol. The van der Waals surface area contributed by atoms with Crippen molar-refractivity contribution in [3.05, 3.63) is 29.3 Å². The number of carbonyl (C=O) groups excluding carboxylic acids is 1. The number of fused-ring (bicyclic) bond motifs is 1. The molecule has 0 fully saturated rings. The molecule has 1 aromatic rings. The summed E-state index contributed by atoms with van der Waals surface area (Å²) in [5.41, 5.74) is 6.81. The Kier molecular flexibility index (Phi) is 5.87. The second-order valence-corrected chi connectivity index (χ2v) is 8.87. The van der Waals surface area contributed by atoms with Crippen molar-refractivity contribution in [2.75, 3.05) is 6.61 Å². The lowest BCUT2D eigenvalue weighted by Gasteiger charge is -2.26. The SMILES string of the molecule is CCCC(=O)CCC(C)(C)COc1cccc2c1C(N)=NS(=O)(=O)C2. The van der Waals surface area contributed by atoms with Crippen LogP contribution in [0.25, 0.3) is 0 Å². The Morgan fingerprint density at radius 1 is 1.32 bits per heavy atom. The Hall–Kier alpha value is -1.89. The van der Waals surface area contributed by atoms with Gasteiger partial charge in [-0.05, 0) is 29.9 Å². The highest BCUT2D eigenvalue weighted by Crippen LogP contribution is 2.30. The van der Waals surface area contributed by atoms with E-state index in [4.69, 9.17) is 10.5 Å². The lowest BCUT2D eigenvalue weighted by Crippen LogP contribution is -2.27. The average Bonchev–Trinajstić information content (AvgIpc) is 2.50. The smallest absolute Gasteiger partial charge is 0.259 e. The summed E-state index contributed by atoms with van der Waals surface area (Å²) in [4.78, 5) is 11.7. The number of ether oxygens (including phenoxy) is 1. The lowest BCUT2D eigenvalue weighted by atomic mass is 9.87. The van der Waals surface area contributed by atoms with Gasteiger partial charge in [-0.25, -0.2) is 8.42 Å². The summed E-state index contributed by atoms with van der Waals surface area (Å²) in [7, 11) is -3.56. The van der Waals surface area contributed by atoms with Crippen molar-refractivity contribution in [1.29, 1.82) is 0 Å². The number of nitrogens with two attached hydrogens (primary N) is 1. The largest absolute Gasteiger partial charge is 0.492 e. The van der Waals surface area contributed by atoms with Crippen molar-refractivity contribution in [1.82, 2.24) is 0 Å². The monoisotopic (exact) mass is 366 g/mol. The topological polar surface area (TPSA) is 98.8 Å². The molecule has 0 amide bonds. The summed E-state index contributed by atoms with van der Waals surface area (Å²) >= 11 is 0. The number of ketones is 1. The van der Waals surface area contributed by atoms with E-state index in [0.29, 0.717) is 36.3 Å². The van der Waals surface area contributed by atoms with Gasteiger partial charge in [0.25, 0.3) is 10.0 Å². The van der Waals surface area contributed by atoms with Gasteiger partial charge in [0, 0.05) is 12.8 Å². The van der Waals surface area contributed by atoms with Crippen LogP contribution in [0.3, 0.4) is 0 Å². The van der Waals surface area contributed by atoms with Crippen LogP contribution in [0.2, 0.25) is 0 Å². The van der Waals surface area contributed by atoms with E-state index in [1.165, 1.54) is 0 Å². The molecular formula is C18H26N2O4S. The maximum absolute atomic E-state index is 11.7. The van der Waals surface area contributed by atoms with Gasteiger partial charge in [-0.2, -0.15) is 0 Å². The molecule has 2 rings (SSSR count). The van der Waals surface area contributed by atoms with E-state index in [1.807, 2.05) is 20.8 Å². The number of amidine groups is 1. The highest BCUT2D eigenvalue weighted by Gasteiger charge is 2.26. The maximum Gasteiger partial charge on any atom is 0.259 e. The highest BCUT2D eigenvalue weighted by atomic mass is 32.2. The van der Waals surface area contributed by atoms with Crippen molar-refractivity contribution in [3.63, 3.8) is 0 Å². The fourth-order valence-electron chi connectivity index (χ4n) is 2.76. The van der Waals surface area contributed by atoms with E-state index in [0.717, 1.165) is 12.8 Å². The van der Waals surface area contributed by atoms with Gasteiger partial charge >= 0.3 is 0 Å². The van der Waals surface area contributed by atoms with Crippen molar-refractivity contribution in [2.24, 2.45) is 15.5 Å². The van der Waals surface area contributed by atoms with Crippen LogP contribution in [0.5, 0.6) is 5.75 Å². The number of Topliss-reactive ketones (excluding diaryl/α,β-unsaturated/α-hetero) is 1. The molecule has 25 heavy (non-hydrogen) atoms. The summed E-state index contributed by atoms with van der Waals surface area (Å²) < 4.78 is 32.9. The Balaban J connectivity index is 2.08. The average molecular weight is 366 g/mol. The van der Waals surface area contributed by atoms with Gasteiger partial charge in [0.2, 0.25) is 0 Å². The van der Waals surface area contributed by atoms with Crippen molar-refractivity contribution in [2.45, 2.75) is 52.2 Å². The molecule has 0 saturated heterocycles. The van der Waals surface area contributed by atoms with Crippen LogP contribution in [0.4, 0.5) is 0 Å². The molecule has 1 aliphatic heterocycles. The Bertz CT molecular complexity index is 782. The first-order valence-corrected chi connectivity index (χ1v) is 10.1. The van der Waals surface area contributed by atoms with E-state index in [-0.39, 0.29) is 22.8 Å². The first-order chi connectivity index (χ1) is 11.6. The third-order valence-electron chi connectivity index (χ3n) is 4.17. The molecule has 7 heteroatoms. The summed E-state index contributed by atoms with van der Waals surface area (Å²) in [5.74, 6) is 0.596. The summed E-state index contributed by atoms with van der Waals surface area (Å²) in [6.45, 7) is 6.49. The molecule has 1 heterocycles. The Labute approximate surface area is 149 Å². The molecule has 1 aromatic carbocycles. The minimum absolute atomic E-state index is 0.0345. The number of carbonyl (C=O) groups is 1. The predicted molar refractivity (Wildman–Crippen MR) is 98.2 cm³/mol. The standard InChI is InChI=1S/C18H26N2O4S/c1-4-6-14(21)9-10-18(2,3)12-24-15-8-5-7-13-11-25(22,23)20-17(19)16(13)15/h5,7-8H,4,6,9-12H2,1-3H3,(H2,19,20). The summed E-state index contributed by atoms with van der Waals surface area (Å²) in [6, 6.07) is 5.23. The zero-order valence-electron chi connectivity index (χ0n) is 15.0. The maximum atomic E-state index is 11.7. The minimum Gasteiger partial charge on any atom is -0.492 e. The van der Waals surface area contributed by atoms with Gasteiger partial charge in [-0.1, -0.05) is 32.9 Å². The number of nitrogens with zero attached hydrogens (tertiary/aromatic N) is 1. The summed E-state index contributed by atoms with van der Waals surface area (Å²) in [6.07, 6.45) is 2.76. The van der Waals surface area contributed by atoms with Crippen molar-refractivity contribution >= 4 is 21.6 Å². The van der Waals surface area contributed by atoms with E-state index < -0.39 is 10.0 Å². The second-order valence-electron chi connectivity index (χ2n) is 7.23. The van der Waals surface area contributed by atoms with Crippen LogP contribution in [0.1, 0.15) is 57.6 Å². The molecule has 1 aliphatic rings. The third-order valence-corrected chi connectivity index (χ3v) is 5.32. The normalized spacial score (nSPS) is 16.0. The second kappa shape index (κ2) is 7.56. The van der Waals surface area contributed by atoms with Crippen LogP contribution in [0.15, 0.2) is 22.6 Å². The Morgan fingerprint density at radius 2 is 2.04 bits per heavy atom. The molecule has 138 valence electrons. The van der Waals surface area contributed by atoms with Gasteiger partial charge in [0.05, 0.1) is 17.9 Å². The highest BCUT2D eigenvalue weighted by molar-refractivity contribution is 7.89. The fourth-order valence-corrected chi connectivity index (χ4v) is 3.85. The van der Waals surface area contributed by atoms with Crippen LogP contribution in [-0.2, 0) is 20.6 Å².